The summed E-state index contributed by atoms with van der Waals surface area (Å²) in [4.78, 5) is 10.8. The van der Waals surface area contributed by atoms with Crippen LogP contribution in [0.4, 0.5) is 9.57 Å². The van der Waals surface area contributed by atoms with E-state index in [0.29, 0.717) is 0 Å². The smallest absolute Gasteiger partial charge is 0.325 e. The Labute approximate surface area is 93.7 Å². The molecular weight excluding hydrogens is 233 g/mol. The lowest BCUT2D eigenvalue weighted by atomic mass is 10.2. The molecule has 0 bridgehead atoms. The van der Waals surface area contributed by atoms with Crippen molar-refractivity contribution in [2.24, 2.45) is 5.92 Å². The van der Waals surface area contributed by atoms with Crippen LogP contribution in [0.3, 0.4) is 0 Å². The number of hydrogen-bond acceptors (Lipinski definition) is 3. The molecule has 1 amide bonds. The number of carbonyl (C=O) groups excluding carboxylic acids is 1. The molecule has 1 N–H and O–H groups in total. The molecule has 0 aliphatic heterocycles. The number of nitrogens with one attached hydrogen (secondary N) is 1. The zero-order valence-electron chi connectivity index (χ0n) is 8.90. The Morgan fingerprint density at radius 2 is 1.88 bits per heavy atom. The number of anilines is 1. The molecule has 0 unspecified atom stereocenters. The summed E-state index contributed by atoms with van der Waals surface area (Å²) in [6, 6.07) is 5.35. The average Bonchev–Trinajstić information content (AvgIpc) is 2.16. The van der Waals surface area contributed by atoms with Crippen LogP contribution in [0, 0.1) is 5.92 Å². The molecule has 0 fully saturated rings. The largest absolute Gasteiger partial charge is 0.334 e. The van der Waals surface area contributed by atoms with E-state index >= 15 is 0 Å². The van der Waals surface area contributed by atoms with Crippen LogP contribution in [0.1, 0.15) is 13.8 Å². The highest BCUT2D eigenvalue weighted by Gasteiger charge is 2.18. The third-order valence-electron chi connectivity index (χ3n) is 1.93. The summed E-state index contributed by atoms with van der Waals surface area (Å²) < 4.78 is 34.4. The van der Waals surface area contributed by atoms with E-state index in [1.165, 1.54) is 18.2 Å². The van der Waals surface area contributed by atoms with Crippen LogP contribution in [-0.4, -0.2) is 14.3 Å². The first kappa shape index (κ1) is 12.6. The molecule has 0 saturated heterocycles. The van der Waals surface area contributed by atoms with Crippen LogP contribution in [-0.2, 0) is 15.0 Å². The first-order valence-corrected chi connectivity index (χ1v) is 6.05. The molecule has 1 rings (SSSR count). The summed E-state index contributed by atoms with van der Waals surface area (Å²) in [5.41, 5.74) is -0.0382. The summed E-state index contributed by atoms with van der Waals surface area (Å²) in [6.45, 7) is 3.31. The molecule has 1 aromatic carbocycles. The van der Waals surface area contributed by atoms with Crippen molar-refractivity contribution in [2.45, 2.75) is 18.7 Å². The molecule has 0 aliphatic carbocycles. The fourth-order valence-electron chi connectivity index (χ4n) is 1.06. The number of halogens is 1. The molecule has 1 aromatic rings. The third kappa shape index (κ3) is 3.03. The first-order valence-electron chi connectivity index (χ1n) is 4.67. The maximum absolute atomic E-state index is 12.9. The topological polar surface area (TPSA) is 63.2 Å². The summed E-state index contributed by atoms with van der Waals surface area (Å²) in [7, 11) is -4.82. The third-order valence-corrected chi connectivity index (χ3v) is 2.81. The van der Waals surface area contributed by atoms with Crippen LogP contribution in [0.5, 0.6) is 0 Å². The number of para-hydroxylation sites is 1. The van der Waals surface area contributed by atoms with E-state index in [-0.39, 0.29) is 17.5 Å². The predicted molar refractivity (Wildman–Crippen MR) is 58.2 cm³/mol. The second kappa shape index (κ2) is 4.61. The minimum absolute atomic E-state index is 0.0382. The van der Waals surface area contributed by atoms with Crippen molar-refractivity contribution < 1.29 is 17.1 Å². The zero-order valence-corrected chi connectivity index (χ0v) is 9.71. The zero-order chi connectivity index (χ0) is 12.3. The van der Waals surface area contributed by atoms with Crippen LogP contribution in [0.2, 0.25) is 0 Å². The SMILES string of the molecule is CC(C)C(=O)Nc1ccccc1S(=O)(=O)F. The van der Waals surface area contributed by atoms with E-state index in [1.807, 2.05) is 0 Å². The molecular formula is C10H12FNO3S. The van der Waals surface area contributed by atoms with Crippen molar-refractivity contribution in [1.29, 1.82) is 0 Å². The van der Waals surface area contributed by atoms with Gasteiger partial charge in [0, 0.05) is 5.92 Å². The van der Waals surface area contributed by atoms with Crippen LogP contribution in [0.25, 0.3) is 0 Å². The number of rotatable bonds is 3. The lowest BCUT2D eigenvalue weighted by Gasteiger charge is -2.09. The van der Waals surface area contributed by atoms with Crippen molar-refractivity contribution in [3.8, 4) is 0 Å². The van der Waals surface area contributed by atoms with Gasteiger partial charge in [0.25, 0.3) is 0 Å². The van der Waals surface area contributed by atoms with Gasteiger partial charge >= 0.3 is 10.2 Å². The number of carbonyl (C=O) groups is 1. The van der Waals surface area contributed by atoms with Gasteiger partial charge in [0.15, 0.2) is 0 Å². The van der Waals surface area contributed by atoms with Crippen molar-refractivity contribution in [3.63, 3.8) is 0 Å². The van der Waals surface area contributed by atoms with Crippen molar-refractivity contribution in [3.05, 3.63) is 24.3 Å². The van der Waals surface area contributed by atoms with Gasteiger partial charge < -0.3 is 5.32 Å². The van der Waals surface area contributed by atoms with Crippen LogP contribution < -0.4 is 5.32 Å². The minimum atomic E-state index is -4.82. The highest BCUT2D eigenvalue weighted by molar-refractivity contribution is 7.86. The Bertz CT molecular complexity index is 497. The molecule has 0 saturated carbocycles. The summed E-state index contributed by atoms with van der Waals surface area (Å²) in [5.74, 6) is -0.675. The molecule has 0 aliphatic rings. The highest BCUT2D eigenvalue weighted by atomic mass is 32.3. The van der Waals surface area contributed by atoms with Gasteiger partial charge in [-0.05, 0) is 12.1 Å². The van der Waals surface area contributed by atoms with Gasteiger partial charge in [-0.2, -0.15) is 8.42 Å². The minimum Gasteiger partial charge on any atom is -0.325 e. The monoisotopic (exact) mass is 245 g/mol. The number of hydrogen-bond donors (Lipinski definition) is 1. The predicted octanol–water partition coefficient (Wildman–Crippen LogP) is 1.94. The molecule has 0 spiro atoms. The lowest BCUT2D eigenvalue weighted by molar-refractivity contribution is -0.118. The molecule has 88 valence electrons. The van der Waals surface area contributed by atoms with Gasteiger partial charge in [0.05, 0.1) is 5.69 Å². The fraction of sp³-hybridized carbons (Fsp3) is 0.300. The molecule has 0 heterocycles. The van der Waals surface area contributed by atoms with E-state index < -0.39 is 15.1 Å². The Morgan fingerprint density at radius 3 is 2.38 bits per heavy atom. The lowest BCUT2D eigenvalue weighted by Crippen LogP contribution is -2.19. The summed E-state index contributed by atoms with van der Waals surface area (Å²) in [6.07, 6.45) is 0. The molecule has 6 heteroatoms. The molecule has 4 nitrogen and oxygen atoms in total. The maximum atomic E-state index is 12.9. The van der Waals surface area contributed by atoms with Gasteiger partial charge in [0.2, 0.25) is 5.91 Å². The molecule has 0 atom stereocenters. The quantitative estimate of drug-likeness (QED) is 0.828. The van der Waals surface area contributed by atoms with Gasteiger partial charge in [-0.1, -0.05) is 26.0 Å². The number of benzene rings is 1. The van der Waals surface area contributed by atoms with Gasteiger partial charge in [0.1, 0.15) is 4.90 Å². The molecule has 0 aromatic heterocycles. The van der Waals surface area contributed by atoms with E-state index in [2.05, 4.69) is 5.32 Å². The van der Waals surface area contributed by atoms with Crippen molar-refractivity contribution in [1.82, 2.24) is 0 Å². The highest BCUT2D eigenvalue weighted by Crippen LogP contribution is 2.22. The molecule has 0 radical (unpaired) electrons. The normalized spacial score (nSPS) is 11.5. The van der Waals surface area contributed by atoms with Gasteiger partial charge in [-0.3, -0.25) is 4.79 Å². The summed E-state index contributed by atoms with van der Waals surface area (Å²) in [5, 5.41) is 2.36. The van der Waals surface area contributed by atoms with E-state index in [4.69, 9.17) is 0 Å². The second-order valence-corrected chi connectivity index (χ2v) is 4.89. The van der Waals surface area contributed by atoms with Crippen molar-refractivity contribution in [2.75, 3.05) is 5.32 Å². The fourth-order valence-corrected chi connectivity index (χ4v) is 1.68. The maximum Gasteiger partial charge on any atom is 0.334 e. The van der Waals surface area contributed by atoms with Gasteiger partial charge in [-0.25, -0.2) is 0 Å². The number of amides is 1. The van der Waals surface area contributed by atoms with Gasteiger partial charge in [-0.15, -0.1) is 3.89 Å². The second-order valence-electron chi connectivity index (χ2n) is 3.58. The summed E-state index contributed by atoms with van der Waals surface area (Å²) >= 11 is 0. The Balaban J connectivity index is 3.11. The molecule has 16 heavy (non-hydrogen) atoms. The Morgan fingerprint density at radius 1 is 1.31 bits per heavy atom. The average molecular weight is 245 g/mol. The van der Waals surface area contributed by atoms with E-state index in [0.717, 1.165) is 6.07 Å². The first-order chi connectivity index (χ1) is 7.32. The standard InChI is InChI=1S/C10H12FNO3S/c1-7(2)10(13)12-8-5-3-4-6-9(8)16(11,14)15/h3-7H,1-2H3,(H,12,13). The Hall–Kier alpha value is -1.43. The van der Waals surface area contributed by atoms with Crippen LogP contribution in [0.15, 0.2) is 29.2 Å². The Kier molecular flexibility index (Phi) is 3.64. The van der Waals surface area contributed by atoms with Crippen LogP contribution >= 0.6 is 0 Å². The van der Waals surface area contributed by atoms with E-state index in [9.17, 15) is 17.1 Å². The van der Waals surface area contributed by atoms with E-state index in [1.54, 1.807) is 13.8 Å². The van der Waals surface area contributed by atoms with Crippen molar-refractivity contribution >= 4 is 21.8 Å².